The van der Waals surface area contributed by atoms with Crippen LogP contribution >= 0.6 is 7.92 Å². The zero-order chi connectivity index (χ0) is 7.82. The first-order chi connectivity index (χ1) is 4.85. The van der Waals surface area contributed by atoms with Crippen LogP contribution in [0.5, 0.6) is 0 Å². The standard InChI is InChI=1S/C9H9P/c1-4-7-10(8-5-2)9-6-3/h1-3H3. The Balaban J connectivity index is 4.26. The Morgan fingerprint density at radius 1 is 0.700 bits per heavy atom. The molecule has 0 aliphatic carbocycles. The predicted octanol–water partition coefficient (Wildman–Crippen LogP) is 2.41. The Kier molecular flexibility index (Phi) is 5.68. The van der Waals surface area contributed by atoms with Gasteiger partial charge in [0.2, 0.25) is 0 Å². The third kappa shape index (κ3) is 4.04. The van der Waals surface area contributed by atoms with E-state index in [2.05, 4.69) is 34.7 Å². The molecule has 0 amide bonds. The SMILES string of the molecule is CC#CP(C#CC)C#CC. The van der Waals surface area contributed by atoms with Gasteiger partial charge < -0.3 is 0 Å². The highest BCUT2D eigenvalue weighted by Crippen LogP contribution is 2.29. The van der Waals surface area contributed by atoms with Crippen molar-refractivity contribution in [3.8, 4) is 34.7 Å². The molecule has 1 heteroatoms. The van der Waals surface area contributed by atoms with E-state index in [0.717, 1.165) is 0 Å². The third-order valence-electron chi connectivity index (χ3n) is 0.671. The van der Waals surface area contributed by atoms with E-state index in [-0.39, 0.29) is 0 Å². The molecule has 50 valence electrons. The van der Waals surface area contributed by atoms with Crippen LogP contribution in [0.25, 0.3) is 0 Å². The summed E-state index contributed by atoms with van der Waals surface area (Å²) in [5, 5.41) is 0. The van der Waals surface area contributed by atoms with E-state index >= 15 is 0 Å². The van der Waals surface area contributed by atoms with Crippen LogP contribution in [0.3, 0.4) is 0 Å². The fourth-order valence-electron chi connectivity index (χ4n) is 0.419. The highest BCUT2D eigenvalue weighted by molar-refractivity contribution is 7.72. The molecular formula is C9H9P. The van der Waals surface area contributed by atoms with Gasteiger partial charge in [0, 0.05) is 0 Å². The lowest BCUT2D eigenvalue weighted by molar-refractivity contribution is 1.92. The van der Waals surface area contributed by atoms with Gasteiger partial charge in [-0.3, -0.25) is 0 Å². The van der Waals surface area contributed by atoms with Gasteiger partial charge >= 0.3 is 0 Å². The van der Waals surface area contributed by atoms with Crippen LogP contribution in [0.15, 0.2) is 0 Å². The molecule has 0 rings (SSSR count). The van der Waals surface area contributed by atoms with E-state index in [1.54, 1.807) is 0 Å². The summed E-state index contributed by atoms with van der Waals surface area (Å²) in [5.41, 5.74) is 8.86. The summed E-state index contributed by atoms with van der Waals surface area (Å²) in [7, 11) is -0.644. The van der Waals surface area contributed by atoms with Crippen molar-refractivity contribution in [3.05, 3.63) is 0 Å². The molecule has 0 saturated carbocycles. The summed E-state index contributed by atoms with van der Waals surface area (Å²) in [6.45, 7) is 5.43. The second-order valence-electron chi connectivity index (χ2n) is 1.42. The quantitative estimate of drug-likeness (QED) is 0.365. The molecule has 0 radical (unpaired) electrons. The predicted molar refractivity (Wildman–Crippen MR) is 47.3 cm³/mol. The van der Waals surface area contributed by atoms with Gasteiger partial charge in [-0.2, -0.15) is 0 Å². The summed E-state index contributed by atoms with van der Waals surface area (Å²) in [6.07, 6.45) is 0. The summed E-state index contributed by atoms with van der Waals surface area (Å²) in [6, 6.07) is 0. The molecule has 0 bridgehead atoms. The highest BCUT2D eigenvalue weighted by atomic mass is 31.1. The van der Waals surface area contributed by atoms with Crippen LogP contribution in [-0.4, -0.2) is 0 Å². The Labute approximate surface area is 64.2 Å². The van der Waals surface area contributed by atoms with E-state index in [1.165, 1.54) is 0 Å². The van der Waals surface area contributed by atoms with Crippen molar-refractivity contribution in [2.45, 2.75) is 20.8 Å². The van der Waals surface area contributed by atoms with E-state index in [4.69, 9.17) is 0 Å². The van der Waals surface area contributed by atoms with E-state index in [1.807, 2.05) is 20.8 Å². The molecule has 0 aliphatic rings. The molecule has 0 N–H and O–H groups in total. The molecule has 0 aromatic heterocycles. The molecule has 0 atom stereocenters. The van der Waals surface area contributed by atoms with E-state index < -0.39 is 7.92 Å². The molecule has 0 aliphatic heterocycles. The fourth-order valence-corrected chi connectivity index (χ4v) is 1.26. The van der Waals surface area contributed by atoms with Crippen LogP contribution in [0.1, 0.15) is 20.8 Å². The lowest BCUT2D eigenvalue weighted by Gasteiger charge is -1.85. The van der Waals surface area contributed by atoms with Crippen molar-refractivity contribution in [2.24, 2.45) is 0 Å². The lowest BCUT2D eigenvalue weighted by Crippen LogP contribution is -1.57. The zero-order valence-corrected chi connectivity index (χ0v) is 7.34. The number of hydrogen-bond donors (Lipinski definition) is 0. The van der Waals surface area contributed by atoms with Crippen molar-refractivity contribution in [1.82, 2.24) is 0 Å². The molecule has 0 nitrogen and oxygen atoms in total. The van der Waals surface area contributed by atoms with Crippen molar-refractivity contribution in [2.75, 3.05) is 0 Å². The third-order valence-corrected chi connectivity index (χ3v) is 2.01. The van der Waals surface area contributed by atoms with Crippen molar-refractivity contribution in [3.63, 3.8) is 0 Å². The zero-order valence-electron chi connectivity index (χ0n) is 6.45. The molecule has 0 aromatic rings. The molecule has 10 heavy (non-hydrogen) atoms. The molecule has 0 saturated heterocycles. The Bertz CT molecular complexity index is 209. The van der Waals surface area contributed by atoms with Crippen LogP contribution in [0.2, 0.25) is 0 Å². The highest BCUT2D eigenvalue weighted by Gasteiger charge is 1.89. The second kappa shape index (κ2) is 6.23. The monoisotopic (exact) mass is 148 g/mol. The first kappa shape index (κ1) is 9.11. The van der Waals surface area contributed by atoms with Crippen LogP contribution in [0, 0.1) is 34.7 Å². The normalized spacial score (nSPS) is 6.00. The average molecular weight is 148 g/mol. The maximum absolute atomic E-state index is 2.95. The van der Waals surface area contributed by atoms with E-state index in [9.17, 15) is 0 Å². The van der Waals surface area contributed by atoms with Gasteiger partial charge in [0.05, 0.1) is 0 Å². The summed E-state index contributed by atoms with van der Waals surface area (Å²) in [5.74, 6) is 8.43. The second-order valence-corrected chi connectivity index (χ2v) is 2.76. The summed E-state index contributed by atoms with van der Waals surface area (Å²) in [4.78, 5) is 0. The van der Waals surface area contributed by atoms with Gasteiger partial charge in [-0.1, -0.05) is 0 Å². The smallest absolute Gasteiger partial charge is 0.100 e. The van der Waals surface area contributed by atoms with Gasteiger partial charge in [0.15, 0.2) is 0 Å². The van der Waals surface area contributed by atoms with Gasteiger partial charge in [-0.05, 0) is 37.8 Å². The molecule has 0 spiro atoms. The summed E-state index contributed by atoms with van der Waals surface area (Å²) < 4.78 is 0. The van der Waals surface area contributed by atoms with Crippen molar-refractivity contribution < 1.29 is 0 Å². The summed E-state index contributed by atoms with van der Waals surface area (Å²) >= 11 is 0. The molecule has 0 fully saturated rings. The van der Waals surface area contributed by atoms with Crippen LogP contribution < -0.4 is 0 Å². The molecule has 0 heterocycles. The molecule has 0 aromatic carbocycles. The van der Waals surface area contributed by atoms with Gasteiger partial charge in [-0.25, -0.2) is 0 Å². The maximum Gasteiger partial charge on any atom is 0.126 e. The lowest BCUT2D eigenvalue weighted by atomic mass is 10.8. The fraction of sp³-hybridized carbons (Fsp3) is 0.333. The first-order valence-corrected chi connectivity index (χ1v) is 4.26. The Morgan fingerprint density at radius 3 is 1.20 bits per heavy atom. The Morgan fingerprint density at radius 2 is 1.00 bits per heavy atom. The van der Waals surface area contributed by atoms with Crippen molar-refractivity contribution in [1.29, 1.82) is 0 Å². The Hall–Kier alpha value is -0.890. The van der Waals surface area contributed by atoms with Gasteiger partial charge in [-0.15, -0.1) is 17.8 Å². The molecular weight excluding hydrogens is 139 g/mol. The minimum absolute atomic E-state index is 0.644. The minimum Gasteiger partial charge on any atom is -0.100 e. The maximum atomic E-state index is 2.95. The van der Waals surface area contributed by atoms with E-state index in [0.29, 0.717) is 0 Å². The van der Waals surface area contributed by atoms with Gasteiger partial charge in [0.1, 0.15) is 7.92 Å². The van der Waals surface area contributed by atoms with Crippen LogP contribution in [-0.2, 0) is 0 Å². The molecule has 0 unspecified atom stereocenters. The largest absolute Gasteiger partial charge is 0.126 e. The number of rotatable bonds is 0. The van der Waals surface area contributed by atoms with Crippen LogP contribution in [0.4, 0.5) is 0 Å². The average Bonchev–Trinajstić information content (AvgIpc) is 1.90. The van der Waals surface area contributed by atoms with Gasteiger partial charge in [0.25, 0.3) is 0 Å². The topological polar surface area (TPSA) is 0 Å². The minimum atomic E-state index is -0.644. The number of hydrogen-bond acceptors (Lipinski definition) is 0. The van der Waals surface area contributed by atoms with Crippen molar-refractivity contribution >= 4 is 7.92 Å². The first-order valence-electron chi connectivity index (χ1n) is 2.92.